The summed E-state index contributed by atoms with van der Waals surface area (Å²) in [6.45, 7) is 7.02. The summed E-state index contributed by atoms with van der Waals surface area (Å²) in [5.74, 6) is -0.734. The van der Waals surface area contributed by atoms with Crippen molar-refractivity contribution in [3.63, 3.8) is 0 Å². The number of halogens is 1. The maximum atomic E-state index is 13.3. The zero-order valence-electron chi connectivity index (χ0n) is 22.2. The monoisotopic (exact) mass is 547 g/mol. The standard InChI is InChI=1S/C31H30ClNO6/c1-19-22-17-24(32)27(18-26(22)37-28(34)23(19)15-20-11-7-5-8-12-20)38-29(35)25(16-21-13-9-6-10-14-21)33-30(36)39-31(2,3)4/h5-14,17-18,25H,15-16H2,1-4H3,(H,33,36). The molecule has 0 saturated carbocycles. The lowest BCUT2D eigenvalue weighted by atomic mass is 9.99. The summed E-state index contributed by atoms with van der Waals surface area (Å²) in [5, 5.41) is 3.39. The highest BCUT2D eigenvalue weighted by molar-refractivity contribution is 6.33. The van der Waals surface area contributed by atoms with Gasteiger partial charge in [-0.05, 0) is 50.5 Å². The highest BCUT2D eigenvalue weighted by Gasteiger charge is 2.27. The van der Waals surface area contributed by atoms with E-state index in [4.69, 9.17) is 25.5 Å². The van der Waals surface area contributed by atoms with Crippen LogP contribution in [0.3, 0.4) is 0 Å². The summed E-state index contributed by atoms with van der Waals surface area (Å²) in [7, 11) is 0. The summed E-state index contributed by atoms with van der Waals surface area (Å²) in [4.78, 5) is 38.6. The summed E-state index contributed by atoms with van der Waals surface area (Å²) in [6, 6.07) is 20.8. The molecule has 0 fully saturated rings. The third kappa shape index (κ3) is 7.27. The molecule has 4 aromatic rings. The number of fused-ring (bicyclic) bond motifs is 1. The first-order valence-electron chi connectivity index (χ1n) is 12.5. The Morgan fingerprint density at radius 2 is 1.59 bits per heavy atom. The molecule has 8 heteroatoms. The molecule has 1 heterocycles. The highest BCUT2D eigenvalue weighted by Crippen LogP contribution is 2.32. The van der Waals surface area contributed by atoms with Gasteiger partial charge in [0.1, 0.15) is 17.2 Å². The van der Waals surface area contributed by atoms with Gasteiger partial charge in [0.05, 0.1) is 5.02 Å². The van der Waals surface area contributed by atoms with E-state index in [1.165, 1.54) is 6.07 Å². The van der Waals surface area contributed by atoms with Gasteiger partial charge in [-0.1, -0.05) is 72.3 Å². The summed E-state index contributed by atoms with van der Waals surface area (Å²) < 4.78 is 16.6. The van der Waals surface area contributed by atoms with Gasteiger partial charge in [-0.3, -0.25) is 0 Å². The van der Waals surface area contributed by atoms with Crippen LogP contribution in [0.5, 0.6) is 5.75 Å². The van der Waals surface area contributed by atoms with E-state index in [0.29, 0.717) is 17.4 Å². The summed E-state index contributed by atoms with van der Waals surface area (Å²) in [5.41, 5.74) is 2.07. The van der Waals surface area contributed by atoms with E-state index in [0.717, 1.165) is 16.7 Å². The number of hydrogen-bond donors (Lipinski definition) is 1. The second-order valence-corrected chi connectivity index (χ2v) is 10.7. The molecule has 1 amide bonds. The number of ether oxygens (including phenoxy) is 2. The van der Waals surface area contributed by atoms with Gasteiger partial charge < -0.3 is 19.2 Å². The van der Waals surface area contributed by atoms with Gasteiger partial charge in [0.25, 0.3) is 0 Å². The largest absolute Gasteiger partial charge is 0.444 e. The van der Waals surface area contributed by atoms with Gasteiger partial charge in [-0.25, -0.2) is 14.4 Å². The van der Waals surface area contributed by atoms with Crippen LogP contribution >= 0.6 is 11.6 Å². The van der Waals surface area contributed by atoms with Gasteiger partial charge in [0.15, 0.2) is 5.75 Å². The molecule has 39 heavy (non-hydrogen) atoms. The molecule has 0 spiro atoms. The second kappa shape index (κ2) is 11.7. The number of aryl methyl sites for hydroxylation is 1. The van der Waals surface area contributed by atoms with Crippen LogP contribution in [0.25, 0.3) is 11.0 Å². The molecule has 0 saturated heterocycles. The summed E-state index contributed by atoms with van der Waals surface area (Å²) in [6.07, 6.45) is -0.171. The van der Waals surface area contributed by atoms with Crippen LogP contribution in [0.15, 0.2) is 82.0 Å². The Hall–Kier alpha value is -4.10. The van der Waals surface area contributed by atoms with Crippen molar-refractivity contribution < 1.29 is 23.5 Å². The minimum Gasteiger partial charge on any atom is -0.444 e. The maximum absolute atomic E-state index is 13.3. The molecule has 4 rings (SSSR count). The molecule has 7 nitrogen and oxygen atoms in total. The lowest BCUT2D eigenvalue weighted by Gasteiger charge is -2.23. The SMILES string of the molecule is Cc1c(Cc2ccccc2)c(=O)oc2cc(OC(=O)C(Cc3ccccc3)NC(=O)OC(C)(C)C)c(Cl)cc12. The number of benzene rings is 3. The molecule has 0 aliphatic heterocycles. The Balaban J connectivity index is 1.61. The van der Waals surface area contributed by atoms with Crippen molar-refractivity contribution in [3.05, 3.63) is 110 Å². The Bertz CT molecular complexity index is 1540. The Morgan fingerprint density at radius 1 is 0.974 bits per heavy atom. The van der Waals surface area contributed by atoms with Gasteiger partial charge >= 0.3 is 17.7 Å². The highest BCUT2D eigenvalue weighted by atomic mass is 35.5. The fourth-order valence-corrected chi connectivity index (χ4v) is 4.35. The van der Waals surface area contributed by atoms with Crippen LogP contribution < -0.4 is 15.7 Å². The predicted molar refractivity (Wildman–Crippen MR) is 150 cm³/mol. The minimum absolute atomic E-state index is 0.0107. The molecule has 3 aromatic carbocycles. The van der Waals surface area contributed by atoms with Crippen LogP contribution in [-0.2, 0) is 22.4 Å². The third-order valence-corrected chi connectivity index (χ3v) is 6.33. The molecular formula is C31H30ClNO6. The average Bonchev–Trinajstić information content (AvgIpc) is 2.87. The van der Waals surface area contributed by atoms with Crippen molar-refractivity contribution in [1.82, 2.24) is 5.32 Å². The van der Waals surface area contributed by atoms with Crippen LogP contribution in [-0.4, -0.2) is 23.7 Å². The molecule has 0 bridgehead atoms. The van der Waals surface area contributed by atoms with Crippen LogP contribution in [0.2, 0.25) is 5.02 Å². The van der Waals surface area contributed by atoms with E-state index in [1.807, 2.05) is 67.6 Å². The van der Waals surface area contributed by atoms with E-state index in [-0.39, 0.29) is 22.8 Å². The molecule has 1 atom stereocenters. The molecule has 0 radical (unpaired) electrons. The van der Waals surface area contributed by atoms with Crippen molar-refractivity contribution in [3.8, 4) is 5.75 Å². The molecular weight excluding hydrogens is 518 g/mol. The first kappa shape index (κ1) is 27.9. The molecule has 0 aliphatic rings. The predicted octanol–water partition coefficient (Wildman–Crippen LogP) is 6.39. The number of amides is 1. The molecule has 202 valence electrons. The number of rotatable bonds is 7. The Labute approximate surface area is 231 Å². The van der Waals surface area contributed by atoms with Crippen molar-refractivity contribution in [2.45, 2.75) is 52.2 Å². The zero-order chi connectivity index (χ0) is 28.2. The van der Waals surface area contributed by atoms with Gasteiger partial charge in [-0.15, -0.1) is 0 Å². The minimum atomic E-state index is -1.06. The maximum Gasteiger partial charge on any atom is 0.408 e. The lowest BCUT2D eigenvalue weighted by molar-refractivity contribution is -0.136. The van der Waals surface area contributed by atoms with Crippen molar-refractivity contribution in [1.29, 1.82) is 0 Å². The number of hydrogen-bond acceptors (Lipinski definition) is 6. The molecule has 1 unspecified atom stereocenters. The van der Waals surface area contributed by atoms with Crippen LogP contribution in [0.1, 0.15) is 43.0 Å². The normalized spacial score (nSPS) is 12.1. The average molecular weight is 548 g/mol. The van der Waals surface area contributed by atoms with E-state index >= 15 is 0 Å². The second-order valence-electron chi connectivity index (χ2n) is 10.2. The third-order valence-electron chi connectivity index (χ3n) is 6.03. The fraction of sp³-hybridized carbons (Fsp3) is 0.258. The fourth-order valence-electron chi connectivity index (χ4n) is 4.14. The van der Waals surface area contributed by atoms with Crippen LogP contribution in [0.4, 0.5) is 4.79 Å². The van der Waals surface area contributed by atoms with Gasteiger partial charge in [-0.2, -0.15) is 0 Å². The number of carbonyl (C=O) groups excluding carboxylic acids is 2. The van der Waals surface area contributed by atoms with Crippen molar-refractivity contribution >= 4 is 34.6 Å². The molecule has 1 N–H and O–H groups in total. The van der Waals surface area contributed by atoms with E-state index in [9.17, 15) is 14.4 Å². The van der Waals surface area contributed by atoms with Crippen molar-refractivity contribution in [2.24, 2.45) is 0 Å². The van der Waals surface area contributed by atoms with Gasteiger partial charge in [0, 0.05) is 29.9 Å². The van der Waals surface area contributed by atoms with E-state index < -0.39 is 29.3 Å². The Kier molecular flexibility index (Phi) is 8.41. The summed E-state index contributed by atoms with van der Waals surface area (Å²) >= 11 is 6.52. The number of nitrogens with one attached hydrogen (secondary N) is 1. The Morgan fingerprint density at radius 3 is 2.21 bits per heavy atom. The smallest absolute Gasteiger partial charge is 0.408 e. The van der Waals surface area contributed by atoms with Crippen LogP contribution in [0, 0.1) is 6.92 Å². The first-order chi connectivity index (χ1) is 18.5. The lowest BCUT2D eigenvalue weighted by Crippen LogP contribution is -2.46. The first-order valence-corrected chi connectivity index (χ1v) is 12.9. The number of alkyl carbamates (subject to hydrolysis) is 1. The number of carbonyl (C=O) groups is 2. The van der Waals surface area contributed by atoms with E-state index in [1.54, 1.807) is 26.8 Å². The zero-order valence-corrected chi connectivity index (χ0v) is 23.0. The molecule has 0 aliphatic carbocycles. The van der Waals surface area contributed by atoms with Gasteiger partial charge in [0.2, 0.25) is 0 Å². The quantitative estimate of drug-likeness (QED) is 0.164. The molecule has 1 aromatic heterocycles. The van der Waals surface area contributed by atoms with Crippen molar-refractivity contribution in [2.75, 3.05) is 0 Å². The topological polar surface area (TPSA) is 94.8 Å². The van der Waals surface area contributed by atoms with E-state index in [2.05, 4.69) is 5.32 Å². The number of esters is 1.